The van der Waals surface area contributed by atoms with Gasteiger partial charge in [-0.1, -0.05) is 18.1 Å². The number of pyridine rings is 1. The maximum Gasteiger partial charge on any atom is 0.409 e. The second kappa shape index (κ2) is 10.2. The van der Waals surface area contributed by atoms with Crippen LogP contribution in [-0.4, -0.2) is 61.7 Å². The molecule has 2 aliphatic carbocycles. The number of nitrogens with zero attached hydrogens (tertiary/aromatic N) is 5. The fourth-order valence-electron chi connectivity index (χ4n) is 4.11. The molecule has 1 amide bonds. The Bertz CT molecular complexity index is 972. The van der Waals surface area contributed by atoms with Crippen molar-refractivity contribution >= 4 is 12.1 Å². The summed E-state index contributed by atoms with van der Waals surface area (Å²) in [5, 5.41) is 17.5. The lowest BCUT2D eigenvalue weighted by atomic mass is 9.87. The predicted molar refractivity (Wildman–Crippen MR) is 118 cm³/mol. The molecular weight excluding hydrogens is 426 g/mol. The summed E-state index contributed by atoms with van der Waals surface area (Å²) >= 11 is 0. The molecule has 0 aromatic carbocycles. The van der Waals surface area contributed by atoms with Gasteiger partial charge in [-0.2, -0.15) is 0 Å². The van der Waals surface area contributed by atoms with Crippen LogP contribution in [0.15, 0.2) is 18.3 Å². The lowest BCUT2D eigenvalue weighted by Crippen LogP contribution is -2.29. The Morgan fingerprint density at radius 2 is 2.06 bits per heavy atom. The van der Waals surface area contributed by atoms with Crippen LogP contribution in [0.3, 0.4) is 0 Å². The number of hydrogen-bond donors (Lipinski definition) is 1. The van der Waals surface area contributed by atoms with E-state index in [9.17, 15) is 14.7 Å². The number of carboxylic acids is 1. The highest BCUT2D eigenvalue weighted by Gasteiger charge is 2.28. The summed E-state index contributed by atoms with van der Waals surface area (Å²) in [4.78, 5) is 29.6. The minimum atomic E-state index is -0.762. The third kappa shape index (κ3) is 6.00. The second-order valence-corrected chi connectivity index (χ2v) is 9.04. The fraction of sp³-hybridized carbons (Fsp3) is 0.609. The van der Waals surface area contributed by atoms with Gasteiger partial charge in [0.05, 0.1) is 23.9 Å². The molecule has 178 valence electrons. The molecule has 2 heterocycles. The van der Waals surface area contributed by atoms with Crippen LogP contribution in [-0.2, 0) is 23.2 Å². The average Bonchev–Trinajstić information content (AvgIpc) is 3.57. The zero-order chi connectivity index (χ0) is 23.4. The molecule has 0 saturated heterocycles. The number of carbonyl (C=O) groups is 2. The number of amides is 1. The average molecular weight is 458 g/mol. The molecule has 2 aromatic rings. The van der Waals surface area contributed by atoms with Crippen molar-refractivity contribution < 1.29 is 24.2 Å². The molecule has 1 N–H and O–H groups in total. The third-order valence-electron chi connectivity index (χ3n) is 6.41. The van der Waals surface area contributed by atoms with Crippen LogP contribution in [0.25, 0.3) is 11.4 Å². The molecular formula is C23H31N5O5. The number of ether oxygens (including phenoxy) is 2. The highest BCUT2D eigenvalue weighted by Crippen LogP contribution is 2.32. The Morgan fingerprint density at radius 1 is 1.24 bits per heavy atom. The highest BCUT2D eigenvalue weighted by molar-refractivity contribution is 5.70. The summed E-state index contributed by atoms with van der Waals surface area (Å²) in [6.45, 7) is 0.737. The molecule has 2 fully saturated rings. The number of aliphatic carboxylic acids is 1. The zero-order valence-corrected chi connectivity index (χ0v) is 19.1. The molecule has 4 rings (SSSR count). The van der Waals surface area contributed by atoms with E-state index in [0.29, 0.717) is 42.2 Å². The molecule has 2 aliphatic rings. The molecule has 0 radical (unpaired) electrons. The van der Waals surface area contributed by atoms with Crippen LogP contribution < -0.4 is 4.74 Å². The normalized spacial score (nSPS) is 20.3. The molecule has 0 bridgehead atoms. The van der Waals surface area contributed by atoms with E-state index in [1.165, 1.54) is 12.8 Å². The highest BCUT2D eigenvalue weighted by atomic mass is 16.6. The second-order valence-electron chi connectivity index (χ2n) is 9.04. The van der Waals surface area contributed by atoms with Crippen molar-refractivity contribution in [1.82, 2.24) is 24.9 Å². The van der Waals surface area contributed by atoms with Gasteiger partial charge < -0.3 is 19.5 Å². The Morgan fingerprint density at radius 3 is 2.76 bits per heavy atom. The van der Waals surface area contributed by atoms with E-state index in [2.05, 4.69) is 15.3 Å². The van der Waals surface area contributed by atoms with Gasteiger partial charge in [-0.3, -0.25) is 9.78 Å². The number of hydrogen-bond acceptors (Lipinski definition) is 7. The van der Waals surface area contributed by atoms with Gasteiger partial charge in [0.2, 0.25) is 0 Å². The van der Waals surface area contributed by atoms with E-state index in [0.717, 1.165) is 25.2 Å². The number of aryl methyl sites for hydroxylation is 1. The molecule has 10 nitrogen and oxygen atoms in total. The summed E-state index contributed by atoms with van der Waals surface area (Å²) < 4.78 is 13.0. The van der Waals surface area contributed by atoms with E-state index < -0.39 is 5.97 Å². The van der Waals surface area contributed by atoms with Gasteiger partial charge in [0.1, 0.15) is 23.7 Å². The molecule has 2 saturated carbocycles. The van der Waals surface area contributed by atoms with E-state index in [-0.39, 0.29) is 24.7 Å². The zero-order valence-electron chi connectivity index (χ0n) is 19.1. The van der Waals surface area contributed by atoms with Gasteiger partial charge in [-0.15, -0.1) is 5.10 Å². The largest absolute Gasteiger partial charge is 0.489 e. The van der Waals surface area contributed by atoms with Crippen LogP contribution in [0, 0.1) is 11.8 Å². The van der Waals surface area contributed by atoms with E-state index >= 15 is 0 Å². The fourth-order valence-corrected chi connectivity index (χ4v) is 4.11. The Hall–Kier alpha value is -3.17. The lowest BCUT2D eigenvalue weighted by Gasteiger charge is -2.27. The van der Waals surface area contributed by atoms with Crippen molar-refractivity contribution in [2.75, 3.05) is 13.6 Å². The molecule has 0 aliphatic heterocycles. The Kier molecular flexibility index (Phi) is 7.10. The van der Waals surface area contributed by atoms with Crippen molar-refractivity contribution in [2.45, 2.75) is 57.7 Å². The predicted octanol–water partition coefficient (Wildman–Crippen LogP) is 3.27. The first-order valence-electron chi connectivity index (χ1n) is 11.5. The lowest BCUT2D eigenvalue weighted by molar-refractivity contribution is -0.143. The third-order valence-corrected chi connectivity index (χ3v) is 6.41. The number of rotatable bonds is 9. The Labute approximate surface area is 192 Å². The number of carbonyl (C=O) groups excluding carboxylic acids is 1. The number of carboxylic acid groups (broad SMARTS) is 1. The first-order valence-corrected chi connectivity index (χ1v) is 11.5. The molecule has 10 heteroatoms. The molecule has 2 aromatic heterocycles. The molecule has 2 atom stereocenters. The standard InChI is InChI=1S/C23H31N5O5/c1-27(11-10-15-6-7-15)23(31)32-14-20-21(25-26-28(20)2)19-9-8-18(13-24-19)33-17-5-3-4-16(12-17)22(29)30/h8-9,13,15-17H,3-7,10-12,14H2,1-2H3,(H,29,30)/t16?,17-/m0/s1. The quantitative estimate of drug-likeness (QED) is 0.609. The maximum absolute atomic E-state index is 12.3. The van der Waals surface area contributed by atoms with E-state index in [1.807, 2.05) is 0 Å². The summed E-state index contributed by atoms with van der Waals surface area (Å²) in [6, 6.07) is 3.58. The van der Waals surface area contributed by atoms with Crippen LogP contribution >= 0.6 is 0 Å². The topological polar surface area (TPSA) is 120 Å². The van der Waals surface area contributed by atoms with Gasteiger partial charge in [0.25, 0.3) is 0 Å². The maximum atomic E-state index is 12.3. The summed E-state index contributed by atoms with van der Waals surface area (Å²) in [7, 11) is 3.49. The van der Waals surface area contributed by atoms with Crippen molar-refractivity contribution in [3.8, 4) is 17.1 Å². The SMILES string of the molecule is CN(CCC1CC1)C(=O)OCc1c(-c2ccc(O[C@H]3CCCC(C(=O)O)C3)cn2)nnn1C. The Balaban J connectivity index is 1.35. The van der Waals surface area contributed by atoms with Crippen molar-refractivity contribution in [3.05, 3.63) is 24.0 Å². The van der Waals surface area contributed by atoms with Crippen molar-refractivity contribution in [2.24, 2.45) is 18.9 Å². The number of aromatic nitrogens is 4. The molecule has 1 unspecified atom stereocenters. The summed E-state index contributed by atoms with van der Waals surface area (Å²) in [5.41, 5.74) is 1.79. The van der Waals surface area contributed by atoms with Gasteiger partial charge in [-0.25, -0.2) is 9.48 Å². The van der Waals surface area contributed by atoms with Crippen LogP contribution in [0.2, 0.25) is 0 Å². The summed E-state index contributed by atoms with van der Waals surface area (Å²) in [5.74, 6) is 0.224. The minimum absolute atomic E-state index is 0.0457. The first kappa shape index (κ1) is 23.0. The minimum Gasteiger partial charge on any atom is -0.489 e. The van der Waals surface area contributed by atoms with Crippen LogP contribution in [0.4, 0.5) is 4.79 Å². The monoisotopic (exact) mass is 457 g/mol. The van der Waals surface area contributed by atoms with Crippen LogP contribution in [0.5, 0.6) is 5.75 Å². The van der Waals surface area contributed by atoms with Gasteiger partial charge >= 0.3 is 12.1 Å². The smallest absolute Gasteiger partial charge is 0.409 e. The molecule has 0 spiro atoms. The van der Waals surface area contributed by atoms with Gasteiger partial charge in [0, 0.05) is 20.6 Å². The van der Waals surface area contributed by atoms with Gasteiger partial charge in [-0.05, 0) is 50.2 Å². The van der Waals surface area contributed by atoms with Crippen LogP contribution in [0.1, 0.15) is 50.6 Å². The van der Waals surface area contributed by atoms with Crippen molar-refractivity contribution in [3.63, 3.8) is 0 Å². The molecule has 33 heavy (non-hydrogen) atoms. The van der Waals surface area contributed by atoms with E-state index in [1.54, 1.807) is 42.0 Å². The van der Waals surface area contributed by atoms with Gasteiger partial charge in [0.15, 0.2) is 0 Å². The first-order chi connectivity index (χ1) is 15.9. The van der Waals surface area contributed by atoms with Crippen molar-refractivity contribution in [1.29, 1.82) is 0 Å². The summed E-state index contributed by atoms with van der Waals surface area (Å²) in [6.07, 6.45) is 7.51. The van der Waals surface area contributed by atoms with E-state index in [4.69, 9.17) is 9.47 Å².